The van der Waals surface area contributed by atoms with Crippen molar-refractivity contribution in [2.75, 3.05) is 13.1 Å². The van der Waals surface area contributed by atoms with Crippen molar-refractivity contribution in [1.29, 1.82) is 0 Å². The summed E-state index contributed by atoms with van der Waals surface area (Å²) in [7, 11) is 0. The van der Waals surface area contributed by atoms with Crippen LogP contribution in [0.5, 0.6) is 0 Å². The Hall–Kier alpha value is -0.410. The molecule has 15 heavy (non-hydrogen) atoms. The summed E-state index contributed by atoms with van der Waals surface area (Å²) < 4.78 is 13.9. The van der Waals surface area contributed by atoms with Crippen molar-refractivity contribution in [3.8, 4) is 0 Å². The lowest BCUT2D eigenvalue weighted by Crippen LogP contribution is -2.33. The van der Waals surface area contributed by atoms with Crippen LogP contribution in [0.4, 0.5) is 4.39 Å². The number of hydrogen-bond acceptors (Lipinski definition) is 1. The lowest BCUT2D eigenvalue weighted by Gasteiger charge is -2.34. The smallest absolute Gasteiger partial charge is 0.137 e. The molecular formula is C12H15BrFN. The topological polar surface area (TPSA) is 3.24 Å². The Morgan fingerprint density at radius 2 is 2.27 bits per heavy atom. The van der Waals surface area contributed by atoms with E-state index in [1.807, 2.05) is 6.07 Å². The molecule has 1 aromatic rings. The van der Waals surface area contributed by atoms with Gasteiger partial charge in [-0.15, -0.1) is 0 Å². The largest absolute Gasteiger partial charge is 0.297 e. The molecule has 0 aromatic heterocycles. The average molecular weight is 272 g/mol. The SMILES string of the molecule is CCN1CCc2cc(F)c(Br)cc2C1C. The van der Waals surface area contributed by atoms with Crippen LogP contribution in [-0.4, -0.2) is 18.0 Å². The van der Waals surface area contributed by atoms with E-state index in [0.717, 1.165) is 25.1 Å². The van der Waals surface area contributed by atoms with Crippen LogP contribution in [0, 0.1) is 5.82 Å². The Morgan fingerprint density at radius 3 is 2.93 bits per heavy atom. The second kappa shape index (κ2) is 4.22. The minimum atomic E-state index is -0.147. The molecule has 0 N–H and O–H groups in total. The van der Waals surface area contributed by atoms with Crippen LogP contribution in [0.25, 0.3) is 0 Å². The Bertz CT molecular complexity index is 378. The van der Waals surface area contributed by atoms with E-state index in [0.29, 0.717) is 10.5 Å². The van der Waals surface area contributed by atoms with Crippen molar-refractivity contribution in [3.05, 3.63) is 33.5 Å². The molecule has 1 heterocycles. The Kier molecular flexibility index (Phi) is 3.12. The van der Waals surface area contributed by atoms with E-state index < -0.39 is 0 Å². The molecule has 0 bridgehead atoms. The van der Waals surface area contributed by atoms with Crippen molar-refractivity contribution in [2.45, 2.75) is 26.3 Å². The number of hydrogen-bond donors (Lipinski definition) is 0. The van der Waals surface area contributed by atoms with Crippen LogP contribution in [0.1, 0.15) is 31.0 Å². The quantitative estimate of drug-likeness (QED) is 0.756. The monoisotopic (exact) mass is 271 g/mol. The molecule has 0 amide bonds. The standard InChI is InChI=1S/C12H15BrFN/c1-3-15-5-4-9-6-12(14)11(13)7-10(9)8(15)2/h6-8H,3-5H2,1-2H3. The molecule has 0 spiro atoms. The molecule has 82 valence electrons. The molecule has 1 nitrogen and oxygen atoms in total. The number of likely N-dealkylation sites (N-methyl/N-ethyl adjacent to an activating group) is 1. The summed E-state index contributed by atoms with van der Waals surface area (Å²) in [5, 5.41) is 0. The van der Waals surface area contributed by atoms with Crippen molar-refractivity contribution < 1.29 is 4.39 Å². The van der Waals surface area contributed by atoms with Gasteiger partial charge in [-0.3, -0.25) is 4.90 Å². The van der Waals surface area contributed by atoms with Crippen molar-refractivity contribution in [3.63, 3.8) is 0 Å². The third-order valence-electron chi connectivity index (χ3n) is 3.25. The highest BCUT2D eigenvalue weighted by atomic mass is 79.9. The van der Waals surface area contributed by atoms with Gasteiger partial charge in [0.1, 0.15) is 5.82 Å². The Balaban J connectivity index is 2.43. The zero-order valence-electron chi connectivity index (χ0n) is 9.06. The van der Waals surface area contributed by atoms with Gasteiger partial charge in [0.05, 0.1) is 4.47 Å². The van der Waals surface area contributed by atoms with Crippen molar-refractivity contribution >= 4 is 15.9 Å². The zero-order valence-corrected chi connectivity index (χ0v) is 10.6. The highest BCUT2D eigenvalue weighted by molar-refractivity contribution is 9.10. The first-order valence-corrected chi connectivity index (χ1v) is 6.14. The van der Waals surface area contributed by atoms with Gasteiger partial charge in [-0.2, -0.15) is 0 Å². The van der Waals surface area contributed by atoms with E-state index in [1.54, 1.807) is 6.07 Å². The second-order valence-corrected chi connectivity index (χ2v) is 4.87. The van der Waals surface area contributed by atoms with Gasteiger partial charge >= 0.3 is 0 Å². The molecule has 0 fully saturated rings. The van der Waals surface area contributed by atoms with Crippen molar-refractivity contribution in [2.24, 2.45) is 0 Å². The summed E-state index contributed by atoms with van der Waals surface area (Å²) in [6.07, 6.45) is 0.956. The number of halogens is 2. The summed E-state index contributed by atoms with van der Waals surface area (Å²) in [6, 6.07) is 4.00. The van der Waals surface area contributed by atoms with Crippen LogP contribution in [-0.2, 0) is 6.42 Å². The molecule has 3 heteroatoms. The van der Waals surface area contributed by atoms with Gasteiger partial charge in [0.2, 0.25) is 0 Å². The maximum atomic E-state index is 13.4. The first kappa shape index (κ1) is 11.1. The number of benzene rings is 1. The fourth-order valence-corrected chi connectivity index (χ4v) is 2.66. The van der Waals surface area contributed by atoms with E-state index in [4.69, 9.17) is 0 Å². The number of rotatable bonds is 1. The Morgan fingerprint density at radius 1 is 1.53 bits per heavy atom. The Labute approximate surface area is 98.4 Å². The molecular weight excluding hydrogens is 257 g/mol. The predicted molar refractivity (Wildman–Crippen MR) is 63.5 cm³/mol. The summed E-state index contributed by atoms with van der Waals surface area (Å²) in [5.41, 5.74) is 2.42. The molecule has 1 aliphatic rings. The molecule has 0 aliphatic carbocycles. The van der Waals surface area contributed by atoms with Gasteiger partial charge in [0.25, 0.3) is 0 Å². The molecule has 2 rings (SSSR count). The fourth-order valence-electron chi connectivity index (χ4n) is 2.30. The van der Waals surface area contributed by atoms with Gasteiger partial charge in [-0.05, 0) is 59.1 Å². The maximum Gasteiger partial charge on any atom is 0.137 e. The van der Waals surface area contributed by atoms with E-state index >= 15 is 0 Å². The molecule has 1 unspecified atom stereocenters. The summed E-state index contributed by atoms with van der Waals surface area (Å²) in [5.74, 6) is -0.147. The first-order chi connectivity index (χ1) is 7.13. The molecule has 1 aliphatic heterocycles. The van der Waals surface area contributed by atoms with E-state index in [2.05, 4.69) is 34.7 Å². The van der Waals surface area contributed by atoms with Crippen molar-refractivity contribution in [1.82, 2.24) is 4.90 Å². The van der Waals surface area contributed by atoms with Crippen LogP contribution in [0.3, 0.4) is 0 Å². The molecule has 0 saturated carbocycles. The van der Waals surface area contributed by atoms with Gasteiger partial charge in [0.15, 0.2) is 0 Å². The molecule has 1 atom stereocenters. The average Bonchev–Trinajstić information content (AvgIpc) is 2.22. The zero-order chi connectivity index (χ0) is 11.0. The molecule has 0 saturated heterocycles. The maximum absolute atomic E-state index is 13.4. The van der Waals surface area contributed by atoms with Crippen LogP contribution in [0.15, 0.2) is 16.6 Å². The minimum absolute atomic E-state index is 0.147. The highest BCUT2D eigenvalue weighted by Gasteiger charge is 2.23. The fraction of sp³-hybridized carbons (Fsp3) is 0.500. The minimum Gasteiger partial charge on any atom is -0.297 e. The summed E-state index contributed by atoms with van der Waals surface area (Å²) in [6.45, 7) is 6.44. The third-order valence-corrected chi connectivity index (χ3v) is 3.86. The molecule has 0 radical (unpaired) electrons. The van der Waals surface area contributed by atoms with Crippen LogP contribution in [0.2, 0.25) is 0 Å². The van der Waals surface area contributed by atoms with E-state index in [-0.39, 0.29) is 5.82 Å². The highest BCUT2D eigenvalue weighted by Crippen LogP contribution is 2.32. The number of nitrogens with zero attached hydrogens (tertiary/aromatic N) is 1. The summed E-state index contributed by atoms with van der Waals surface area (Å²) >= 11 is 3.25. The number of fused-ring (bicyclic) bond motifs is 1. The van der Waals surface area contributed by atoms with E-state index in [9.17, 15) is 4.39 Å². The van der Waals surface area contributed by atoms with Crippen LogP contribution < -0.4 is 0 Å². The van der Waals surface area contributed by atoms with Gasteiger partial charge in [-0.1, -0.05) is 6.92 Å². The lowest BCUT2D eigenvalue weighted by atomic mass is 9.93. The van der Waals surface area contributed by atoms with E-state index in [1.165, 1.54) is 5.56 Å². The predicted octanol–water partition coefficient (Wildman–Crippen LogP) is 3.53. The normalized spacial score (nSPS) is 21.5. The first-order valence-electron chi connectivity index (χ1n) is 5.35. The third kappa shape index (κ3) is 1.95. The van der Waals surface area contributed by atoms with Crippen LogP contribution >= 0.6 is 15.9 Å². The van der Waals surface area contributed by atoms with Gasteiger partial charge in [0, 0.05) is 12.6 Å². The lowest BCUT2D eigenvalue weighted by molar-refractivity contribution is 0.209. The molecule has 1 aromatic carbocycles. The van der Waals surface area contributed by atoms with Gasteiger partial charge in [-0.25, -0.2) is 4.39 Å². The van der Waals surface area contributed by atoms with Gasteiger partial charge < -0.3 is 0 Å². The summed E-state index contributed by atoms with van der Waals surface area (Å²) in [4.78, 5) is 2.41. The second-order valence-electron chi connectivity index (χ2n) is 4.02.